The number of amides is 1. The van der Waals surface area contributed by atoms with E-state index in [4.69, 9.17) is 22.1 Å². The molecule has 0 radical (unpaired) electrons. The minimum absolute atomic E-state index is 0.0186. The monoisotopic (exact) mass is 491 g/mol. The summed E-state index contributed by atoms with van der Waals surface area (Å²) >= 11 is 6.30. The summed E-state index contributed by atoms with van der Waals surface area (Å²) < 4.78 is 33.3. The number of aliphatic hydroxyl groups excluding tert-OH is 1. The van der Waals surface area contributed by atoms with Gasteiger partial charge in [-0.25, -0.2) is 8.78 Å². The SMILES string of the molecule is CC[C@@H](c1cccc(Cl)c1OC)N(Cc1cnc(C(O)O)c(N)c1)C(=O)c1cc(F)cc(F)c1. The number of halogens is 3. The fourth-order valence-electron chi connectivity index (χ4n) is 3.81. The van der Waals surface area contributed by atoms with Crippen molar-refractivity contribution in [3.8, 4) is 5.75 Å². The summed E-state index contributed by atoms with van der Waals surface area (Å²) in [5, 5.41) is 19.1. The molecule has 0 spiro atoms. The third-order valence-electron chi connectivity index (χ3n) is 5.30. The van der Waals surface area contributed by atoms with Crippen LogP contribution in [0.5, 0.6) is 5.75 Å². The lowest BCUT2D eigenvalue weighted by Gasteiger charge is -2.33. The van der Waals surface area contributed by atoms with E-state index < -0.39 is 29.9 Å². The first kappa shape index (κ1) is 25.4. The minimum Gasteiger partial charge on any atom is -0.495 e. The number of benzene rings is 2. The summed E-state index contributed by atoms with van der Waals surface area (Å²) in [5.41, 5.74) is 6.67. The van der Waals surface area contributed by atoms with Crippen molar-refractivity contribution < 1.29 is 28.5 Å². The van der Waals surface area contributed by atoms with E-state index >= 15 is 0 Å². The number of anilines is 1. The van der Waals surface area contributed by atoms with Gasteiger partial charge in [0.15, 0.2) is 6.29 Å². The molecule has 0 bridgehead atoms. The molecule has 1 atom stereocenters. The normalized spacial score (nSPS) is 12.0. The number of hydrogen-bond acceptors (Lipinski definition) is 6. The lowest BCUT2D eigenvalue weighted by atomic mass is 9.99. The average Bonchev–Trinajstić information content (AvgIpc) is 2.77. The summed E-state index contributed by atoms with van der Waals surface area (Å²) in [4.78, 5) is 18.9. The van der Waals surface area contributed by atoms with Gasteiger partial charge in [0, 0.05) is 29.9 Å². The van der Waals surface area contributed by atoms with E-state index in [2.05, 4.69) is 4.98 Å². The maximum Gasteiger partial charge on any atom is 0.254 e. The second kappa shape index (κ2) is 10.8. The number of methoxy groups -OCH3 is 1. The van der Waals surface area contributed by atoms with Gasteiger partial charge in [0.05, 0.1) is 23.9 Å². The Morgan fingerprint density at radius 1 is 1.21 bits per heavy atom. The van der Waals surface area contributed by atoms with Gasteiger partial charge in [0.25, 0.3) is 5.91 Å². The first-order valence-corrected chi connectivity index (χ1v) is 10.7. The Bertz CT molecular complexity index is 1170. The lowest BCUT2D eigenvalue weighted by Crippen LogP contribution is -2.35. The van der Waals surface area contributed by atoms with Gasteiger partial charge in [-0.05, 0) is 36.2 Å². The van der Waals surface area contributed by atoms with Crippen molar-refractivity contribution in [2.75, 3.05) is 12.8 Å². The van der Waals surface area contributed by atoms with Crippen LogP contribution in [0.4, 0.5) is 14.5 Å². The van der Waals surface area contributed by atoms with Gasteiger partial charge in [-0.1, -0.05) is 30.7 Å². The van der Waals surface area contributed by atoms with E-state index in [-0.39, 0.29) is 23.5 Å². The molecule has 2 aromatic carbocycles. The summed E-state index contributed by atoms with van der Waals surface area (Å²) in [6.45, 7) is 1.79. The second-order valence-electron chi connectivity index (χ2n) is 7.57. The zero-order valence-corrected chi connectivity index (χ0v) is 19.3. The van der Waals surface area contributed by atoms with Crippen molar-refractivity contribution in [3.05, 3.63) is 87.7 Å². The summed E-state index contributed by atoms with van der Waals surface area (Å²) in [7, 11) is 1.45. The highest BCUT2D eigenvalue weighted by molar-refractivity contribution is 6.32. The van der Waals surface area contributed by atoms with Crippen molar-refractivity contribution in [2.24, 2.45) is 0 Å². The predicted octanol–water partition coefficient (Wildman–Crippen LogP) is 4.38. The number of rotatable bonds is 8. The molecule has 4 N–H and O–H groups in total. The highest BCUT2D eigenvalue weighted by Crippen LogP contribution is 2.38. The number of carbonyl (C=O) groups is 1. The molecule has 3 aromatic rings. The highest BCUT2D eigenvalue weighted by Gasteiger charge is 2.29. The van der Waals surface area contributed by atoms with Crippen LogP contribution in [0.25, 0.3) is 0 Å². The standard InChI is InChI=1S/C24H24ClF2N3O4/c1-3-20(17-5-4-6-18(25)22(17)34-2)30(23(31)14-8-15(26)10-16(27)9-14)12-13-7-19(28)21(24(32)33)29-11-13/h4-11,20,24,32-33H,3,12,28H2,1-2H3/t20-/m0/s1. The number of carbonyl (C=O) groups excluding carboxylic acids is 1. The number of nitrogens with two attached hydrogens (primary N) is 1. The average molecular weight is 492 g/mol. The van der Waals surface area contributed by atoms with Crippen LogP contribution in [0.3, 0.4) is 0 Å². The first-order valence-electron chi connectivity index (χ1n) is 10.4. The zero-order valence-electron chi connectivity index (χ0n) is 18.5. The predicted molar refractivity (Wildman–Crippen MR) is 123 cm³/mol. The largest absolute Gasteiger partial charge is 0.495 e. The van der Waals surface area contributed by atoms with Crippen LogP contribution in [-0.4, -0.2) is 33.1 Å². The summed E-state index contributed by atoms with van der Waals surface area (Å²) in [5.74, 6) is -2.04. The Labute approximate surface area is 200 Å². The number of pyridine rings is 1. The van der Waals surface area contributed by atoms with E-state index in [0.717, 1.165) is 12.1 Å². The molecular weight excluding hydrogens is 468 g/mol. The minimum atomic E-state index is -1.86. The topological polar surface area (TPSA) is 109 Å². The van der Waals surface area contributed by atoms with E-state index in [9.17, 15) is 23.8 Å². The molecule has 0 aliphatic rings. The van der Waals surface area contributed by atoms with Crippen LogP contribution in [0.2, 0.25) is 5.02 Å². The van der Waals surface area contributed by atoms with Crippen LogP contribution < -0.4 is 10.5 Å². The molecule has 0 aliphatic heterocycles. The van der Waals surface area contributed by atoms with Crippen molar-refractivity contribution >= 4 is 23.2 Å². The van der Waals surface area contributed by atoms with Crippen LogP contribution >= 0.6 is 11.6 Å². The molecule has 180 valence electrons. The first-order chi connectivity index (χ1) is 16.2. The van der Waals surface area contributed by atoms with Gasteiger partial charge in [0.1, 0.15) is 23.1 Å². The second-order valence-corrected chi connectivity index (χ2v) is 7.98. The Morgan fingerprint density at radius 3 is 2.44 bits per heavy atom. The molecule has 1 heterocycles. The molecular formula is C24H24ClF2N3O4. The molecule has 0 saturated carbocycles. The van der Waals surface area contributed by atoms with Crippen molar-refractivity contribution in [1.82, 2.24) is 9.88 Å². The van der Waals surface area contributed by atoms with Crippen molar-refractivity contribution in [1.29, 1.82) is 0 Å². The summed E-state index contributed by atoms with van der Waals surface area (Å²) in [6, 6.07) is 8.56. The molecule has 7 nitrogen and oxygen atoms in total. The fourth-order valence-corrected chi connectivity index (χ4v) is 4.07. The molecule has 0 aliphatic carbocycles. The van der Waals surface area contributed by atoms with Gasteiger partial charge >= 0.3 is 0 Å². The Kier molecular flexibility index (Phi) is 8.03. The van der Waals surface area contributed by atoms with E-state index in [1.54, 1.807) is 18.2 Å². The van der Waals surface area contributed by atoms with Crippen LogP contribution in [-0.2, 0) is 6.54 Å². The Morgan fingerprint density at radius 2 is 1.88 bits per heavy atom. The molecule has 1 aromatic heterocycles. The number of para-hydroxylation sites is 1. The van der Waals surface area contributed by atoms with Crippen molar-refractivity contribution in [3.63, 3.8) is 0 Å². The number of nitrogens with zero attached hydrogens (tertiary/aromatic N) is 2. The van der Waals surface area contributed by atoms with Gasteiger partial charge in [-0.15, -0.1) is 0 Å². The Balaban J connectivity index is 2.12. The number of nitrogen functional groups attached to an aromatic ring is 1. The van der Waals surface area contributed by atoms with Gasteiger partial charge in [-0.2, -0.15) is 0 Å². The quantitative estimate of drug-likeness (QED) is 0.403. The highest BCUT2D eigenvalue weighted by atomic mass is 35.5. The molecule has 0 unspecified atom stereocenters. The third-order valence-corrected chi connectivity index (χ3v) is 5.60. The molecule has 3 rings (SSSR count). The summed E-state index contributed by atoms with van der Waals surface area (Å²) in [6.07, 6.45) is -0.100. The van der Waals surface area contributed by atoms with E-state index in [1.807, 2.05) is 6.92 Å². The molecule has 1 amide bonds. The smallest absolute Gasteiger partial charge is 0.254 e. The molecule has 10 heteroatoms. The van der Waals surface area contributed by atoms with E-state index in [1.165, 1.54) is 24.3 Å². The number of hydrogen-bond donors (Lipinski definition) is 3. The van der Waals surface area contributed by atoms with Crippen molar-refractivity contribution in [2.45, 2.75) is 32.2 Å². The fraction of sp³-hybridized carbons (Fsp3) is 0.250. The van der Waals surface area contributed by atoms with Crippen LogP contribution in [0.1, 0.15) is 52.9 Å². The third kappa shape index (κ3) is 5.44. The molecule has 0 fully saturated rings. The van der Waals surface area contributed by atoms with Crippen LogP contribution in [0, 0.1) is 11.6 Å². The van der Waals surface area contributed by atoms with Gasteiger partial charge in [-0.3, -0.25) is 9.78 Å². The van der Waals surface area contributed by atoms with E-state index in [0.29, 0.717) is 34.4 Å². The van der Waals surface area contributed by atoms with Gasteiger partial charge in [0.2, 0.25) is 0 Å². The van der Waals surface area contributed by atoms with Crippen LogP contribution in [0.15, 0.2) is 48.7 Å². The maximum atomic E-state index is 13.9. The van der Waals surface area contributed by atoms with Gasteiger partial charge < -0.3 is 25.6 Å². The molecule has 34 heavy (non-hydrogen) atoms. The molecule has 0 saturated heterocycles. The number of aromatic nitrogens is 1. The number of aliphatic hydroxyl groups is 2. The lowest BCUT2D eigenvalue weighted by molar-refractivity contribution is -0.0452. The maximum absolute atomic E-state index is 13.9. The number of ether oxygens (including phenoxy) is 1. The Hall–Kier alpha value is -3.27. The zero-order chi connectivity index (χ0) is 25.0.